The van der Waals surface area contributed by atoms with Crippen molar-refractivity contribution in [3.8, 4) is 0 Å². The third-order valence-corrected chi connectivity index (χ3v) is 4.35. The largest absolute Gasteiger partial charge is 0.369 e. The van der Waals surface area contributed by atoms with Crippen LogP contribution in [0.3, 0.4) is 0 Å². The van der Waals surface area contributed by atoms with E-state index < -0.39 is 0 Å². The number of rotatable bonds is 2. The highest BCUT2D eigenvalue weighted by Crippen LogP contribution is 2.25. The topological polar surface area (TPSA) is 59.2 Å². The fourth-order valence-corrected chi connectivity index (χ4v) is 3.03. The Labute approximate surface area is 126 Å². The van der Waals surface area contributed by atoms with Gasteiger partial charge in [-0.3, -0.25) is 4.79 Å². The third kappa shape index (κ3) is 2.63. The molecular formula is C15H16BrN3O. The van der Waals surface area contributed by atoms with Crippen molar-refractivity contribution in [2.24, 2.45) is 11.7 Å². The van der Waals surface area contributed by atoms with Crippen molar-refractivity contribution in [3.63, 3.8) is 0 Å². The second-order valence-electron chi connectivity index (χ2n) is 5.17. The van der Waals surface area contributed by atoms with E-state index in [2.05, 4.69) is 33.0 Å². The lowest BCUT2D eigenvalue weighted by molar-refractivity contribution is -0.122. The second-order valence-corrected chi connectivity index (χ2v) is 6.09. The van der Waals surface area contributed by atoms with Crippen molar-refractivity contribution < 1.29 is 4.79 Å². The summed E-state index contributed by atoms with van der Waals surface area (Å²) in [5.41, 5.74) is 6.35. The van der Waals surface area contributed by atoms with Gasteiger partial charge in [0.15, 0.2) is 0 Å². The van der Waals surface area contributed by atoms with Crippen LogP contribution < -0.4 is 10.6 Å². The Morgan fingerprint density at radius 3 is 2.70 bits per heavy atom. The van der Waals surface area contributed by atoms with Gasteiger partial charge in [-0.05, 0) is 43.2 Å². The highest BCUT2D eigenvalue weighted by Gasteiger charge is 2.23. The second kappa shape index (κ2) is 5.40. The summed E-state index contributed by atoms with van der Waals surface area (Å²) >= 11 is 3.47. The molecule has 5 heteroatoms. The van der Waals surface area contributed by atoms with Gasteiger partial charge < -0.3 is 10.6 Å². The summed E-state index contributed by atoms with van der Waals surface area (Å²) in [6.45, 7) is 1.67. The number of anilines is 1. The monoisotopic (exact) mass is 333 g/mol. The predicted octanol–water partition coefficient (Wildman–Crippen LogP) is 2.70. The maximum Gasteiger partial charge on any atom is 0.220 e. The van der Waals surface area contributed by atoms with E-state index in [-0.39, 0.29) is 11.8 Å². The van der Waals surface area contributed by atoms with Crippen molar-refractivity contribution in [2.45, 2.75) is 12.8 Å². The lowest BCUT2D eigenvalue weighted by Crippen LogP contribution is -2.38. The molecule has 104 valence electrons. The van der Waals surface area contributed by atoms with E-state index in [1.807, 2.05) is 18.2 Å². The molecule has 0 bridgehead atoms. The molecule has 1 aromatic heterocycles. The highest BCUT2D eigenvalue weighted by atomic mass is 79.9. The van der Waals surface area contributed by atoms with E-state index in [1.54, 1.807) is 0 Å². The summed E-state index contributed by atoms with van der Waals surface area (Å²) in [7, 11) is 0. The van der Waals surface area contributed by atoms with Crippen LogP contribution in [0, 0.1) is 5.92 Å². The molecule has 3 rings (SSSR count). The molecule has 2 N–H and O–H groups in total. The number of aromatic nitrogens is 1. The van der Waals surface area contributed by atoms with Crippen LogP contribution in [0.1, 0.15) is 12.8 Å². The molecular weight excluding hydrogens is 318 g/mol. The molecule has 0 saturated carbocycles. The smallest absolute Gasteiger partial charge is 0.220 e. The molecule has 0 spiro atoms. The van der Waals surface area contributed by atoms with Gasteiger partial charge in [-0.15, -0.1) is 0 Å². The maximum atomic E-state index is 11.2. The molecule has 0 radical (unpaired) electrons. The van der Waals surface area contributed by atoms with Crippen LogP contribution >= 0.6 is 15.9 Å². The number of nitrogens with two attached hydrogens (primary N) is 1. The molecule has 1 aromatic carbocycles. The average Bonchev–Trinajstić information content (AvgIpc) is 2.47. The number of benzene rings is 1. The Balaban J connectivity index is 1.81. The number of primary amides is 1. The Morgan fingerprint density at radius 2 is 2.00 bits per heavy atom. The zero-order valence-corrected chi connectivity index (χ0v) is 12.6. The number of nitrogens with zero attached hydrogens (tertiary/aromatic N) is 2. The van der Waals surface area contributed by atoms with Gasteiger partial charge >= 0.3 is 0 Å². The van der Waals surface area contributed by atoms with E-state index in [1.165, 1.54) is 0 Å². The minimum atomic E-state index is -0.180. The standard InChI is InChI=1S/C15H16BrN3O/c16-12-2-3-13-11(9-12)1-4-14(18-13)19-7-5-10(6-8-19)15(17)20/h1-4,9-10H,5-8H2,(H2,17,20). The first-order valence-corrected chi connectivity index (χ1v) is 7.53. The molecule has 0 aliphatic carbocycles. The summed E-state index contributed by atoms with van der Waals surface area (Å²) in [5, 5.41) is 1.12. The van der Waals surface area contributed by atoms with Crippen LogP contribution in [0.25, 0.3) is 10.9 Å². The predicted molar refractivity (Wildman–Crippen MR) is 83.6 cm³/mol. The van der Waals surface area contributed by atoms with Gasteiger partial charge in [0.05, 0.1) is 5.52 Å². The number of hydrogen-bond donors (Lipinski definition) is 1. The van der Waals surface area contributed by atoms with Crippen LogP contribution in [0.4, 0.5) is 5.82 Å². The molecule has 1 aliphatic heterocycles. The first-order chi connectivity index (χ1) is 9.63. The highest BCUT2D eigenvalue weighted by molar-refractivity contribution is 9.10. The van der Waals surface area contributed by atoms with Crippen LogP contribution in [0.2, 0.25) is 0 Å². The summed E-state index contributed by atoms with van der Waals surface area (Å²) in [5.74, 6) is 0.811. The van der Waals surface area contributed by atoms with Crippen molar-refractivity contribution >= 4 is 38.6 Å². The van der Waals surface area contributed by atoms with Gasteiger partial charge in [0, 0.05) is 28.9 Å². The quantitative estimate of drug-likeness (QED) is 0.919. The van der Waals surface area contributed by atoms with E-state index in [9.17, 15) is 4.79 Å². The van der Waals surface area contributed by atoms with E-state index in [0.29, 0.717) is 0 Å². The average molecular weight is 334 g/mol. The van der Waals surface area contributed by atoms with Crippen LogP contribution in [-0.4, -0.2) is 24.0 Å². The van der Waals surface area contributed by atoms with E-state index in [0.717, 1.165) is 47.1 Å². The van der Waals surface area contributed by atoms with Gasteiger partial charge in [0.2, 0.25) is 5.91 Å². The van der Waals surface area contributed by atoms with Gasteiger partial charge in [0.1, 0.15) is 5.82 Å². The van der Waals surface area contributed by atoms with Crippen LogP contribution in [0.15, 0.2) is 34.8 Å². The molecule has 20 heavy (non-hydrogen) atoms. The number of amides is 1. The number of carbonyl (C=O) groups excluding carboxylic acids is 1. The summed E-state index contributed by atoms with van der Waals surface area (Å²) < 4.78 is 1.06. The van der Waals surface area contributed by atoms with Crippen molar-refractivity contribution in [2.75, 3.05) is 18.0 Å². The maximum absolute atomic E-state index is 11.2. The van der Waals surface area contributed by atoms with Crippen molar-refractivity contribution in [3.05, 3.63) is 34.8 Å². The Bertz CT molecular complexity index is 651. The number of pyridine rings is 1. The van der Waals surface area contributed by atoms with Gasteiger partial charge in [-0.1, -0.05) is 15.9 Å². The van der Waals surface area contributed by atoms with Crippen LogP contribution in [0.5, 0.6) is 0 Å². The van der Waals surface area contributed by atoms with Crippen LogP contribution in [-0.2, 0) is 4.79 Å². The van der Waals surface area contributed by atoms with E-state index >= 15 is 0 Å². The fourth-order valence-electron chi connectivity index (χ4n) is 2.65. The lowest BCUT2D eigenvalue weighted by atomic mass is 9.96. The molecule has 0 unspecified atom stereocenters. The summed E-state index contributed by atoms with van der Waals surface area (Å²) in [4.78, 5) is 18.1. The Kier molecular flexibility index (Phi) is 3.61. The minimum absolute atomic E-state index is 0.0164. The third-order valence-electron chi connectivity index (χ3n) is 3.86. The Morgan fingerprint density at radius 1 is 1.25 bits per heavy atom. The van der Waals surface area contributed by atoms with E-state index in [4.69, 9.17) is 10.7 Å². The molecule has 1 aliphatic rings. The van der Waals surface area contributed by atoms with Gasteiger partial charge in [-0.2, -0.15) is 0 Å². The summed E-state index contributed by atoms with van der Waals surface area (Å²) in [6, 6.07) is 10.2. The van der Waals surface area contributed by atoms with Crippen molar-refractivity contribution in [1.82, 2.24) is 4.98 Å². The molecule has 1 amide bonds. The SMILES string of the molecule is NC(=O)C1CCN(c2ccc3cc(Br)ccc3n2)CC1. The molecule has 4 nitrogen and oxygen atoms in total. The van der Waals surface area contributed by atoms with Gasteiger partial charge in [0.25, 0.3) is 0 Å². The molecule has 0 atom stereocenters. The normalized spacial score (nSPS) is 16.6. The van der Waals surface area contributed by atoms with Gasteiger partial charge in [-0.25, -0.2) is 4.98 Å². The summed E-state index contributed by atoms with van der Waals surface area (Å²) in [6.07, 6.45) is 1.63. The number of carbonyl (C=O) groups is 1. The number of halogens is 1. The molecule has 2 heterocycles. The lowest BCUT2D eigenvalue weighted by Gasteiger charge is -2.31. The fraction of sp³-hybridized carbons (Fsp3) is 0.333. The minimum Gasteiger partial charge on any atom is -0.369 e. The number of fused-ring (bicyclic) bond motifs is 1. The molecule has 2 aromatic rings. The molecule has 1 saturated heterocycles. The number of piperidine rings is 1. The molecule has 1 fully saturated rings. The first kappa shape index (κ1) is 13.4. The first-order valence-electron chi connectivity index (χ1n) is 6.74. The Hall–Kier alpha value is -1.62. The zero-order chi connectivity index (χ0) is 14.1. The zero-order valence-electron chi connectivity index (χ0n) is 11.1. The number of hydrogen-bond acceptors (Lipinski definition) is 3. The van der Waals surface area contributed by atoms with Crippen molar-refractivity contribution in [1.29, 1.82) is 0 Å².